The number of rotatable bonds is 3. The molecule has 0 heterocycles. The number of methoxy groups -OCH3 is 1. The number of ether oxygens (including phenoxy) is 1. The molecule has 98 valence electrons. The van der Waals surface area contributed by atoms with Crippen molar-refractivity contribution in [3.8, 4) is 11.5 Å². The predicted molar refractivity (Wildman–Crippen MR) is 73.8 cm³/mol. The number of carbonyl (C=O) groups is 1. The van der Waals surface area contributed by atoms with Crippen molar-refractivity contribution in [2.45, 2.75) is 6.92 Å². The van der Waals surface area contributed by atoms with E-state index in [1.54, 1.807) is 56.5 Å². The van der Waals surface area contributed by atoms with Crippen LogP contribution in [-0.4, -0.2) is 18.1 Å². The summed E-state index contributed by atoms with van der Waals surface area (Å²) in [5.74, 6) is 0.385. The number of hydrogen-bond acceptors (Lipinski definition) is 3. The zero-order valence-electron chi connectivity index (χ0n) is 10.8. The third-order valence-electron chi connectivity index (χ3n) is 2.83. The van der Waals surface area contributed by atoms with Gasteiger partial charge in [0.15, 0.2) is 0 Å². The van der Waals surface area contributed by atoms with E-state index in [9.17, 15) is 9.90 Å². The molecule has 0 fully saturated rings. The zero-order valence-corrected chi connectivity index (χ0v) is 10.8. The second-order valence-corrected chi connectivity index (χ2v) is 4.15. The van der Waals surface area contributed by atoms with Gasteiger partial charge in [-0.2, -0.15) is 0 Å². The predicted octanol–water partition coefficient (Wildman–Crippen LogP) is 2.96. The maximum atomic E-state index is 12.0. The van der Waals surface area contributed by atoms with E-state index in [-0.39, 0.29) is 17.2 Å². The van der Waals surface area contributed by atoms with E-state index in [0.717, 1.165) is 5.75 Å². The summed E-state index contributed by atoms with van der Waals surface area (Å²) in [5.41, 5.74) is 1.57. The van der Waals surface area contributed by atoms with Gasteiger partial charge >= 0.3 is 0 Å². The molecule has 2 rings (SSSR count). The Labute approximate surface area is 111 Å². The third-order valence-corrected chi connectivity index (χ3v) is 2.83. The van der Waals surface area contributed by atoms with Gasteiger partial charge in [-0.25, -0.2) is 0 Å². The van der Waals surface area contributed by atoms with Gasteiger partial charge in [0.1, 0.15) is 11.5 Å². The van der Waals surface area contributed by atoms with Crippen LogP contribution in [0.5, 0.6) is 11.5 Å². The molecule has 19 heavy (non-hydrogen) atoms. The summed E-state index contributed by atoms with van der Waals surface area (Å²) in [7, 11) is 1.58. The number of carbonyl (C=O) groups excluding carboxylic acids is 1. The highest BCUT2D eigenvalue weighted by Gasteiger charge is 2.12. The van der Waals surface area contributed by atoms with E-state index < -0.39 is 0 Å². The van der Waals surface area contributed by atoms with Crippen LogP contribution in [0, 0.1) is 6.92 Å². The minimum absolute atomic E-state index is 0.00788. The number of aromatic hydroxyl groups is 1. The van der Waals surface area contributed by atoms with Crippen LogP contribution in [0.25, 0.3) is 0 Å². The first-order valence-corrected chi connectivity index (χ1v) is 5.86. The Hall–Kier alpha value is -2.49. The van der Waals surface area contributed by atoms with Crippen molar-refractivity contribution in [3.05, 3.63) is 53.6 Å². The highest BCUT2D eigenvalue weighted by molar-refractivity contribution is 6.06. The highest BCUT2D eigenvalue weighted by atomic mass is 16.5. The van der Waals surface area contributed by atoms with Crippen LogP contribution < -0.4 is 10.1 Å². The van der Waals surface area contributed by atoms with E-state index in [4.69, 9.17) is 4.74 Å². The standard InChI is InChI=1S/C15H15NO3/c1-10-4-3-5-13(14(10)17)15(18)16-11-6-8-12(19-2)9-7-11/h3-9,17H,1-2H3,(H,16,18). The average Bonchev–Trinajstić information content (AvgIpc) is 2.42. The lowest BCUT2D eigenvalue weighted by molar-refractivity contribution is 0.102. The van der Waals surface area contributed by atoms with E-state index in [0.29, 0.717) is 11.3 Å². The molecule has 2 aromatic carbocycles. The summed E-state index contributed by atoms with van der Waals surface area (Å²) in [6, 6.07) is 12.1. The monoisotopic (exact) mass is 257 g/mol. The van der Waals surface area contributed by atoms with Gasteiger partial charge in [-0.1, -0.05) is 12.1 Å². The molecule has 0 atom stereocenters. The molecule has 0 unspecified atom stereocenters. The molecule has 0 aromatic heterocycles. The fraction of sp³-hybridized carbons (Fsp3) is 0.133. The summed E-state index contributed by atoms with van der Waals surface area (Å²) >= 11 is 0. The average molecular weight is 257 g/mol. The summed E-state index contributed by atoms with van der Waals surface area (Å²) in [6.45, 7) is 1.75. The Morgan fingerprint density at radius 3 is 2.47 bits per heavy atom. The van der Waals surface area contributed by atoms with E-state index in [1.807, 2.05) is 0 Å². The molecule has 2 aromatic rings. The van der Waals surface area contributed by atoms with Crippen molar-refractivity contribution in [1.29, 1.82) is 0 Å². The molecule has 0 aliphatic rings. The van der Waals surface area contributed by atoms with Crippen molar-refractivity contribution in [2.75, 3.05) is 12.4 Å². The number of phenolic OH excluding ortho intramolecular Hbond substituents is 1. The fourth-order valence-electron chi connectivity index (χ4n) is 1.71. The largest absolute Gasteiger partial charge is 0.507 e. The second kappa shape index (κ2) is 5.44. The number of nitrogens with one attached hydrogen (secondary N) is 1. The molecule has 1 amide bonds. The van der Waals surface area contributed by atoms with Crippen LogP contribution in [0.2, 0.25) is 0 Å². The molecule has 4 heteroatoms. The van der Waals surface area contributed by atoms with Crippen LogP contribution in [0.4, 0.5) is 5.69 Å². The van der Waals surface area contributed by atoms with Crippen LogP contribution >= 0.6 is 0 Å². The molecule has 0 aliphatic heterocycles. The van der Waals surface area contributed by atoms with Gasteiger partial charge in [0, 0.05) is 5.69 Å². The van der Waals surface area contributed by atoms with E-state index >= 15 is 0 Å². The highest BCUT2D eigenvalue weighted by Crippen LogP contribution is 2.23. The summed E-state index contributed by atoms with van der Waals surface area (Å²) in [4.78, 5) is 12.0. The van der Waals surface area contributed by atoms with Gasteiger partial charge in [-0.3, -0.25) is 4.79 Å². The van der Waals surface area contributed by atoms with Crippen molar-refractivity contribution in [1.82, 2.24) is 0 Å². The first kappa shape index (κ1) is 13.0. The number of aryl methyl sites for hydroxylation is 1. The SMILES string of the molecule is COc1ccc(NC(=O)c2cccc(C)c2O)cc1. The Morgan fingerprint density at radius 1 is 1.16 bits per heavy atom. The van der Waals surface area contributed by atoms with Gasteiger partial charge < -0.3 is 15.2 Å². The summed E-state index contributed by atoms with van der Waals surface area (Å²) in [6.07, 6.45) is 0. The molecule has 0 radical (unpaired) electrons. The van der Waals surface area contributed by atoms with Gasteiger partial charge in [0.05, 0.1) is 12.7 Å². The molecule has 0 spiro atoms. The van der Waals surface area contributed by atoms with E-state index in [1.165, 1.54) is 0 Å². The number of phenols is 1. The van der Waals surface area contributed by atoms with Gasteiger partial charge in [-0.15, -0.1) is 0 Å². The number of benzene rings is 2. The van der Waals surface area contributed by atoms with Crippen LogP contribution in [0.3, 0.4) is 0 Å². The Balaban J connectivity index is 2.18. The minimum Gasteiger partial charge on any atom is -0.507 e. The summed E-state index contributed by atoms with van der Waals surface area (Å²) < 4.78 is 5.04. The van der Waals surface area contributed by atoms with Crippen molar-refractivity contribution in [3.63, 3.8) is 0 Å². The normalized spacial score (nSPS) is 10.0. The lowest BCUT2D eigenvalue weighted by Gasteiger charge is -2.08. The van der Waals surface area contributed by atoms with Gasteiger partial charge in [0.2, 0.25) is 0 Å². The summed E-state index contributed by atoms with van der Waals surface area (Å²) in [5, 5.41) is 12.6. The molecular weight excluding hydrogens is 242 g/mol. The Morgan fingerprint density at radius 2 is 1.84 bits per heavy atom. The lowest BCUT2D eigenvalue weighted by Crippen LogP contribution is -2.12. The van der Waals surface area contributed by atoms with Crippen LogP contribution in [-0.2, 0) is 0 Å². The maximum absolute atomic E-state index is 12.0. The van der Waals surface area contributed by atoms with Crippen LogP contribution in [0.15, 0.2) is 42.5 Å². The second-order valence-electron chi connectivity index (χ2n) is 4.15. The molecule has 0 saturated heterocycles. The Bertz CT molecular complexity index is 591. The Kier molecular flexibility index (Phi) is 3.71. The topological polar surface area (TPSA) is 58.6 Å². The quantitative estimate of drug-likeness (QED) is 0.888. The molecular formula is C15H15NO3. The van der Waals surface area contributed by atoms with E-state index in [2.05, 4.69) is 5.32 Å². The van der Waals surface area contributed by atoms with Crippen molar-refractivity contribution < 1.29 is 14.6 Å². The molecule has 4 nitrogen and oxygen atoms in total. The number of anilines is 1. The maximum Gasteiger partial charge on any atom is 0.259 e. The van der Waals surface area contributed by atoms with Crippen molar-refractivity contribution in [2.24, 2.45) is 0 Å². The number of para-hydroxylation sites is 1. The third kappa shape index (κ3) is 2.85. The van der Waals surface area contributed by atoms with Crippen molar-refractivity contribution >= 4 is 11.6 Å². The van der Waals surface area contributed by atoms with Gasteiger partial charge in [0.25, 0.3) is 5.91 Å². The fourth-order valence-corrected chi connectivity index (χ4v) is 1.71. The molecule has 0 aliphatic carbocycles. The smallest absolute Gasteiger partial charge is 0.259 e. The molecule has 0 saturated carbocycles. The van der Waals surface area contributed by atoms with Gasteiger partial charge in [-0.05, 0) is 42.8 Å². The molecule has 2 N–H and O–H groups in total. The lowest BCUT2D eigenvalue weighted by atomic mass is 10.1. The number of hydrogen-bond donors (Lipinski definition) is 2. The number of amides is 1. The first-order chi connectivity index (χ1) is 9.11. The zero-order chi connectivity index (χ0) is 13.8. The minimum atomic E-state index is -0.341. The molecule has 0 bridgehead atoms. The van der Waals surface area contributed by atoms with Crippen LogP contribution in [0.1, 0.15) is 15.9 Å². The first-order valence-electron chi connectivity index (χ1n) is 5.86.